The number of aromatic nitrogens is 1. The highest BCUT2D eigenvalue weighted by Crippen LogP contribution is 2.21. The predicted octanol–water partition coefficient (Wildman–Crippen LogP) is 2.94. The molecule has 1 aromatic carbocycles. The molecule has 0 aliphatic rings. The van der Waals surface area contributed by atoms with Gasteiger partial charge in [-0.3, -0.25) is 0 Å². The average Bonchev–Trinajstić information content (AvgIpc) is 2.86. The molecule has 1 heterocycles. The van der Waals surface area contributed by atoms with Gasteiger partial charge < -0.3 is 15.2 Å². The van der Waals surface area contributed by atoms with Crippen molar-refractivity contribution >= 4 is 22.9 Å². The Bertz CT molecular complexity index is 589. The van der Waals surface area contributed by atoms with Crippen LogP contribution in [0.3, 0.4) is 0 Å². The third kappa shape index (κ3) is 5.28. The van der Waals surface area contributed by atoms with Crippen molar-refractivity contribution in [2.45, 2.75) is 26.5 Å². The fraction of sp³-hybridized carbons (Fsp3) is 0.400. The van der Waals surface area contributed by atoms with Gasteiger partial charge in [-0.2, -0.15) is 0 Å². The van der Waals surface area contributed by atoms with Crippen molar-refractivity contribution in [1.82, 2.24) is 10.3 Å². The molecule has 1 atom stereocenters. The number of thiazole rings is 1. The summed E-state index contributed by atoms with van der Waals surface area (Å²) in [6.07, 6.45) is -0.568. The van der Waals surface area contributed by atoms with Crippen molar-refractivity contribution in [2.24, 2.45) is 0 Å². The fourth-order valence-corrected chi connectivity index (χ4v) is 2.65. The summed E-state index contributed by atoms with van der Waals surface area (Å²) in [5.74, 6) is 0.714. The van der Waals surface area contributed by atoms with Gasteiger partial charge in [0.15, 0.2) is 0 Å². The second-order valence-electron chi connectivity index (χ2n) is 4.89. The number of hydrogen-bond acceptors (Lipinski definition) is 5. The molecule has 0 bridgehead atoms. The number of nitrogens with one attached hydrogen (secondary N) is 1. The van der Waals surface area contributed by atoms with Crippen molar-refractivity contribution in [3.8, 4) is 5.75 Å². The van der Waals surface area contributed by atoms with E-state index in [9.17, 15) is 5.11 Å². The number of halogens is 1. The maximum absolute atomic E-state index is 9.89. The van der Waals surface area contributed by atoms with Crippen molar-refractivity contribution in [1.29, 1.82) is 0 Å². The molecule has 0 spiro atoms. The van der Waals surface area contributed by atoms with Gasteiger partial charge in [-0.1, -0.05) is 11.6 Å². The number of hydrogen-bond donors (Lipinski definition) is 2. The molecule has 2 aromatic rings. The van der Waals surface area contributed by atoms with Crippen molar-refractivity contribution in [3.63, 3.8) is 0 Å². The SMILES string of the molecule is Cc1csc(CNCC(O)COc2ccc(Cl)c(C)c2)n1. The van der Waals surface area contributed by atoms with Crippen LogP contribution in [-0.4, -0.2) is 29.3 Å². The van der Waals surface area contributed by atoms with Gasteiger partial charge in [0.05, 0.1) is 0 Å². The second-order valence-corrected chi connectivity index (χ2v) is 6.24. The number of rotatable bonds is 7. The summed E-state index contributed by atoms with van der Waals surface area (Å²) < 4.78 is 5.55. The van der Waals surface area contributed by atoms with E-state index in [-0.39, 0.29) is 6.61 Å². The summed E-state index contributed by atoms with van der Waals surface area (Å²) in [5, 5.41) is 16.8. The van der Waals surface area contributed by atoms with Crippen LogP contribution < -0.4 is 10.1 Å². The lowest BCUT2D eigenvalue weighted by molar-refractivity contribution is 0.106. The molecule has 4 nitrogen and oxygen atoms in total. The molecule has 2 N–H and O–H groups in total. The quantitative estimate of drug-likeness (QED) is 0.821. The summed E-state index contributed by atoms with van der Waals surface area (Å²) in [6, 6.07) is 5.45. The number of aliphatic hydroxyl groups excluding tert-OH is 1. The van der Waals surface area contributed by atoms with Gasteiger partial charge in [-0.25, -0.2) is 4.98 Å². The van der Waals surface area contributed by atoms with Crippen molar-refractivity contribution < 1.29 is 9.84 Å². The van der Waals surface area contributed by atoms with E-state index in [1.807, 2.05) is 25.3 Å². The Morgan fingerprint density at radius 3 is 2.90 bits per heavy atom. The van der Waals surface area contributed by atoms with Crippen molar-refractivity contribution in [3.05, 3.63) is 44.9 Å². The first kappa shape index (κ1) is 16.2. The molecule has 0 saturated carbocycles. The van der Waals surface area contributed by atoms with E-state index in [2.05, 4.69) is 10.3 Å². The molecule has 0 fully saturated rings. The molecule has 1 aromatic heterocycles. The Morgan fingerprint density at radius 1 is 1.43 bits per heavy atom. The smallest absolute Gasteiger partial charge is 0.119 e. The Labute approximate surface area is 133 Å². The summed E-state index contributed by atoms with van der Waals surface area (Å²) in [7, 11) is 0. The Kier molecular flexibility index (Phi) is 5.99. The van der Waals surface area contributed by atoms with Crippen molar-refractivity contribution in [2.75, 3.05) is 13.2 Å². The second kappa shape index (κ2) is 7.75. The minimum absolute atomic E-state index is 0.241. The highest BCUT2D eigenvalue weighted by molar-refractivity contribution is 7.09. The Morgan fingerprint density at radius 2 is 2.24 bits per heavy atom. The molecule has 114 valence electrons. The zero-order valence-electron chi connectivity index (χ0n) is 12.1. The largest absolute Gasteiger partial charge is 0.491 e. The van der Waals surface area contributed by atoms with Crippen LogP contribution in [0.1, 0.15) is 16.3 Å². The molecule has 0 aliphatic heterocycles. The first-order valence-corrected chi connectivity index (χ1v) is 7.99. The van der Waals surface area contributed by atoms with Gasteiger partial charge in [0.1, 0.15) is 23.5 Å². The van der Waals surface area contributed by atoms with Crippen LogP contribution in [0.2, 0.25) is 5.02 Å². The number of nitrogens with zero attached hydrogens (tertiary/aromatic N) is 1. The van der Waals surface area contributed by atoms with Gasteiger partial charge in [-0.05, 0) is 37.6 Å². The summed E-state index contributed by atoms with van der Waals surface area (Å²) >= 11 is 7.57. The van der Waals surface area contributed by atoms with E-state index >= 15 is 0 Å². The molecule has 0 saturated heterocycles. The molecule has 6 heteroatoms. The molecular weight excluding hydrogens is 308 g/mol. The number of aliphatic hydroxyl groups is 1. The Hall–Kier alpha value is -1.14. The van der Waals surface area contributed by atoms with Crippen LogP contribution in [0.25, 0.3) is 0 Å². The van der Waals surface area contributed by atoms with E-state index in [1.165, 1.54) is 0 Å². The third-order valence-electron chi connectivity index (χ3n) is 2.89. The number of aryl methyl sites for hydroxylation is 2. The molecule has 0 aliphatic carbocycles. The van der Waals surface area contributed by atoms with E-state index in [1.54, 1.807) is 23.5 Å². The standard InChI is InChI=1S/C15H19ClN2O2S/c1-10-5-13(3-4-14(10)16)20-8-12(19)6-17-7-15-18-11(2)9-21-15/h3-5,9,12,17,19H,6-8H2,1-2H3. The van der Waals surface area contributed by atoms with Gasteiger partial charge >= 0.3 is 0 Å². The lowest BCUT2D eigenvalue weighted by atomic mass is 10.2. The molecule has 2 rings (SSSR count). The topological polar surface area (TPSA) is 54.4 Å². The monoisotopic (exact) mass is 326 g/mol. The average molecular weight is 327 g/mol. The van der Waals surface area contributed by atoms with Gasteiger partial charge in [-0.15, -0.1) is 11.3 Å². The zero-order chi connectivity index (χ0) is 15.2. The summed E-state index contributed by atoms with van der Waals surface area (Å²) in [5.41, 5.74) is 1.99. The minimum Gasteiger partial charge on any atom is -0.491 e. The van der Waals surface area contributed by atoms with Crippen LogP contribution >= 0.6 is 22.9 Å². The number of ether oxygens (including phenoxy) is 1. The fourth-order valence-electron chi connectivity index (χ4n) is 1.79. The van der Waals surface area contributed by atoms with Gasteiger partial charge in [0.25, 0.3) is 0 Å². The highest BCUT2D eigenvalue weighted by atomic mass is 35.5. The first-order chi connectivity index (χ1) is 10.0. The number of benzene rings is 1. The molecule has 0 amide bonds. The first-order valence-electron chi connectivity index (χ1n) is 6.73. The maximum atomic E-state index is 9.89. The molecule has 0 radical (unpaired) electrons. The van der Waals surface area contributed by atoms with Crippen LogP contribution in [0.5, 0.6) is 5.75 Å². The molecular formula is C15H19ClN2O2S. The lowest BCUT2D eigenvalue weighted by Gasteiger charge is -2.13. The Balaban J connectivity index is 1.69. The van der Waals surface area contributed by atoms with Gasteiger partial charge in [0.2, 0.25) is 0 Å². The molecule has 1 unspecified atom stereocenters. The van der Waals surface area contributed by atoms with E-state index in [0.29, 0.717) is 23.9 Å². The third-order valence-corrected chi connectivity index (χ3v) is 4.29. The minimum atomic E-state index is -0.568. The van der Waals surface area contributed by atoms with Crippen LogP contribution in [0.15, 0.2) is 23.6 Å². The van der Waals surface area contributed by atoms with Crippen LogP contribution in [0, 0.1) is 13.8 Å². The zero-order valence-corrected chi connectivity index (χ0v) is 13.7. The summed E-state index contributed by atoms with van der Waals surface area (Å²) in [4.78, 5) is 4.35. The van der Waals surface area contributed by atoms with E-state index < -0.39 is 6.10 Å². The van der Waals surface area contributed by atoms with Gasteiger partial charge in [0, 0.05) is 29.2 Å². The highest BCUT2D eigenvalue weighted by Gasteiger charge is 2.07. The van der Waals surface area contributed by atoms with E-state index in [4.69, 9.17) is 16.3 Å². The summed E-state index contributed by atoms with van der Waals surface area (Å²) in [6.45, 7) is 5.26. The van der Waals surface area contributed by atoms with E-state index in [0.717, 1.165) is 16.3 Å². The predicted molar refractivity (Wildman–Crippen MR) is 86.2 cm³/mol. The van der Waals surface area contributed by atoms with Crippen LogP contribution in [-0.2, 0) is 6.54 Å². The maximum Gasteiger partial charge on any atom is 0.119 e. The molecule has 21 heavy (non-hydrogen) atoms. The van der Waals surface area contributed by atoms with Crippen LogP contribution in [0.4, 0.5) is 0 Å². The lowest BCUT2D eigenvalue weighted by Crippen LogP contribution is -2.31. The normalized spacial score (nSPS) is 12.4.